The van der Waals surface area contributed by atoms with Gasteiger partial charge in [0.2, 0.25) is 0 Å². The Balaban J connectivity index is 1.60. The number of hydrazone groups is 1. The number of nitrogens with one attached hydrogen (secondary N) is 2. The first-order chi connectivity index (χ1) is 16.2. The molecule has 10 nitrogen and oxygen atoms in total. The average molecular weight is 472 g/mol. The van der Waals surface area contributed by atoms with Gasteiger partial charge < -0.3 is 29.3 Å². The second kappa shape index (κ2) is 9.44. The number of hydrogen-bond acceptors (Lipinski definition) is 8. The standard InChI is InChI=1S/C24H33N5O5/c1-6-32-10-8-16-11-20-19(29-15(2)22(30)27-26-21(29)14-33-20)12-18(16)25-17-7-9-28(13-17)23(31)34-24(3,4)5/h8,10-12,15,17,25H,6-7,9,13-14H2,1-5H3,(H,27,30)/b10-8+/t15-,17+/m1/s1. The summed E-state index contributed by atoms with van der Waals surface area (Å²) >= 11 is 0. The summed E-state index contributed by atoms with van der Waals surface area (Å²) in [6.07, 6.45) is 4.02. The van der Waals surface area contributed by atoms with E-state index in [1.165, 1.54) is 0 Å². The number of hydrogen-bond donors (Lipinski definition) is 2. The minimum atomic E-state index is -0.533. The Hall–Kier alpha value is -3.43. The van der Waals surface area contributed by atoms with Crippen molar-refractivity contribution in [1.29, 1.82) is 0 Å². The molecular weight excluding hydrogens is 438 g/mol. The van der Waals surface area contributed by atoms with Crippen LogP contribution >= 0.6 is 0 Å². The van der Waals surface area contributed by atoms with E-state index in [4.69, 9.17) is 14.2 Å². The summed E-state index contributed by atoms with van der Waals surface area (Å²) < 4.78 is 16.9. The fraction of sp³-hybridized carbons (Fsp3) is 0.542. The van der Waals surface area contributed by atoms with Crippen LogP contribution in [0.25, 0.3) is 6.08 Å². The zero-order valence-electron chi connectivity index (χ0n) is 20.4. The van der Waals surface area contributed by atoms with E-state index < -0.39 is 11.6 Å². The molecule has 1 aromatic rings. The van der Waals surface area contributed by atoms with Crippen LogP contribution in [0.3, 0.4) is 0 Å². The van der Waals surface area contributed by atoms with Crippen LogP contribution in [-0.2, 0) is 14.3 Å². The minimum absolute atomic E-state index is 0.0459. The first-order valence-electron chi connectivity index (χ1n) is 11.7. The largest absolute Gasteiger partial charge is 0.501 e. The molecule has 184 valence electrons. The zero-order valence-corrected chi connectivity index (χ0v) is 20.4. The van der Waals surface area contributed by atoms with Crippen molar-refractivity contribution in [2.24, 2.45) is 5.10 Å². The van der Waals surface area contributed by atoms with Crippen LogP contribution in [0.1, 0.15) is 46.6 Å². The Morgan fingerprint density at radius 1 is 1.38 bits per heavy atom. The maximum Gasteiger partial charge on any atom is 0.410 e. The Morgan fingerprint density at radius 3 is 2.91 bits per heavy atom. The summed E-state index contributed by atoms with van der Waals surface area (Å²) in [5.41, 5.74) is 4.53. The third kappa shape index (κ3) is 5.05. The number of benzene rings is 1. The van der Waals surface area contributed by atoms with Crippen molar-refractivity contribution in [2.75, 3.05) is 36.5 Å². The summed E-state index contributed by atoms with van der Waals surface area (Å²) in [5, 5.41) is 7.74. The lowest BCUT2D eigenvalue weighted by atomic mass is 10.1. The van der Waals surface area contributed by atoms with Crippen molar-refractivity contribution in [3.8, 4) is 5.75 Å². The van der Waals surface area contributed by atoms with Gasteiger partial charge in [-0.25, -0.2) is 10.2 Å². The lowest BCUT2D eigenvalue weighted by molar-refractivity contribution is -0.122. The molecule has 0 unspecified atom stereocenters. The fourth-order valence-electron chi connectivity index (χ4n) is 4.16. The molecule has 3 aliphatic heterocycles. The smallest absolute Gasteiger partial charge is 0.410 e. The number of amides is 2. The summed E-state index contributed by atoms with van der Waals surface area (Å²) in [4.78, 5) is 28.4. The number of rotatable bonds is 5. The molecule has 1 saturated heterocycles. The Kier molecular flexibility index (Phi) is 6.58. The lowest BCUT2D eigenvalue weighted by Crippen LogP contribution is -2.55. The van der Waals surface area contributed by atoms with Crippen LogP contribution in [-0.4, -0.2) is 66.7 Å². The van der Waals surface area contributed by atoms with Crippen molar-refractivity contribution in [1.82, 2.24) is 10.3 Å². The Morgan fingerprint density at radius 2 is 2.18 bits per heavy atom. The van der Waals surface area contributed by atoms with Crippen LogP contribution in [0.4, 0.5) is 16.2 Å². The molecule has 1 fully saturated rings. The van der Waals surface area contributed by atoms with E-state index in [2.05, 4.69) is 15.8 Å². The number of carbonyl (C=O) groups is 2. The Bertz CT molecular complexity index is 1020. The number of nitrogens with zero attached hydrogens (tertiary/aromatic N) is 3. The van der Waals surface area contributed by atoms with E-state index in [-0.39, 0.29) is 24.6 Å². The number of fused-ring (bicyclic) bond motifs is 3. The molecule has 2 amide bonds. The second-order valence-electron chi connectivity index (χ2n) is 9.56. The molecular formula is C24H33N5O5. The van der Waals surface area contributed by atoms with Gasteiger partial charge in [-0.3, -0.25) is 4.79 Å². The van der Waals surface area contributed by atoms with Crippen molar-refractivity contribution >= 4 is 35.3 Å². The number of likely N-dealkylation sites (tertiary alicyclic amines) is 1. The van der Waals surface area contributed by atoms with Gasteiger partial charge in [-0.15, -0.1) is 0 Å². The van der Waals surface area contributed by atoms with Crippen LogP contribution < -0.4 is 20.4 Å². The zero-order chi connectivity index (χ0) is 24.5. The number of ether oxygens (including phenoxy) is 3. The molecule has 0 saturated carbocycles. The molecule has 0 aromatic heterocycles. The number of amidine groups is 1. The molecule has 1 aromatic carbocycles. The van der Waals surface area contributed by atoms with Gasteiger partial charge in [0.25, 0.3) is 5.91 Å². The van der Waals surface area contributed by atoms with Crippen LogP contribution in [0, 0.1) is 0 Å². The van der Waals surface area contributed by atoms with Gasteiger partial charge in [0.1, 0.15) is 24.0 Å². The maximum atomic E-state index is 12.5. The van der Waals surface area contributed by atoms with Crippen molar-refractivity contribution < 1.29 is 23.8 Å². The highest BCUT2D eigenvalue weighted by Gasteiger charge is 2.36. The van der Waals surface area contributed by atoms with Crippen molar-refractivity contribution in [2.45, 2.75) is 58.7 Å². The second-order valence-corrected chi connectivity index (χ2v) is 9.56. The molecule has 2 N–H and O–H groups in total. The van der Waals surface area contributed by atoms with E-state index in [9.17, 15) is 9.59 Å². The van der Waals surface area contributed by atoms with E-state index in [1.54, 1.807) is 11.2 Å². The van der Waals surface area contributed by atoms with Gasteiger partial charge in [0.05, 0.1) is 18.6 Å². The molecule has 3 heterocycles. The van der Waals surface area contributed by atoms with E-state index in [0.29, 0.717) is 31.3 Å². The first-order valence-corrected chi connectivity index (χ1v) is 11.7. The quantitative estimate of drug-likeness (QED) is 0.636. The molecule has 4 rings (SSSR count). The Labute approximate surface area is 199 Å². The molecule has 0 radical (unpaired) electrons. The average Bonchev–Trinajstić information content (AvgIpc) is 3.24. The first kappa shape index (κ1) is 23.7. The van der Waals surface area contributed by atoms with E-state index >= 15 is 0 Å². The van der Waals surface area contributed by atoms with E-state index in [1.807, 2.05) is 57.7 Å². The van der Waals surface area contributed by atoms with Gasteiger partial charge in [-0.2, -0.15) is 5.10 Å². The summed E-state index contributed by atoms with van der Waals surface area (Å²) in [5.74, 6) is 1.15. The van der Waals surface area contributed by atoms with Gasteiger partial charge in [-0.1, -0.05) is 0 Å². The van der Waals surface area contributed by atoms with Crippen molar-refractivity contribution in [3.05, 3.63) is 24.0 Å². The topological polar surface area (TPSA) is 105 Å². The van der Waals surface area contributed by atoms with Crippen molar-refractivity contribution in [3.63, 3.8) is 0 Å². The SMILES string of the molecule is CCO/C=C/c1cc2c(cc1N[C@H]1CCN(C(=O)OC(C)(C)C)C1)N1C(=NNC(=O)[C@H]1C)CO2. The van der Waals surface area contributed by atoms with Crippen LogP contribution in [0.5, 0.6) is 5.75 Å². The summed E-state index contributed by atoms with van der Waals surface area (Å²) in [6.45, 7) is 11.3. The summed E-state index contributed by atoms with van der Waals surface area (Å²) in [6, 6.07) is 3.54. The number of carbonyl (C=O) groups excluding carboxylic acids is 2. The third-order valence-electron chi connectivity index (χ3n) is 5.80. The lowest BCUT2D eigenvalue weighted by Gasteiger charge is -2.38. The highest BCUT2D eigenvalue weighted by molar-refractivity contribution is 6.09. The van der Waals surface area contributed by atoms with Crippen LogP contribution in [0.2, 0.25) is 0 Å². The fourth-order valence-corrected chi connectivity index (χ4v) is 4.16. The predicted molar refractivity (Wildman–Crippen MR) is 130 cm³/mol. The molecule has 3 aliphatic rings. The van der Waals surface area contributed by atoms with Gasteiger partial charge in [-0.05, 0) is 59.2 Å². The molecule has 34 heavy (non-hydrogen) atoms. The monoisotopic (exact) mass is 471 g/mol. The van der Waals surface area contributed by atoms with E-state index in [0.717, 1.165) is 23.4 Å². The third-order valence-corrected chi connectivity index (χ3v) is 5.80. The summed E-state index contributed by atoms with van der Waals surface area (Å²) in [7, 11) is 0. The van der Waals surface area contributed by atoms with Gasteiger partial charge in [0.15, 0.2) is 5.84 Å². The maximum absolute atomic E-state index is 12.5. The minimum Gasteiger partial charge on any atom is -0.501 e. The highest BCUT2D eigenvalue weighted by atomic mass is 16.6. The van der Waals surface area contributed by atoms with Gasteiger partial charge >= 0.3 is 6.09 Å². The molecule has 0 spiro atoms. The molecule has 10 heteroatoms. The van der Waals surface area contributed by atoms with Gasteiger partial charge in [0, 0.05) is 30.4 Å². The predicted octanol–water partition coefficient (Wildman–Crippen LogP) is 3.15. The van der Waals surface area contributed by atoms with Crippen LogP contribution in [0.15, 0.2) is 23.5 Å². The molecule has 0 aliphatic carbocycles. The normalized spacial score (nSPS) is 21.9. The highest BCUT2D eigenvalue weighted by Crippen LogP contribution is 2.40. The molecule has 0 bridgehead atoms. The molecule has 2 atom stereocenters. The number of anilines is 2.